The Morgan fingerprint density at radius 3 is 1.27 bits per heavy atom. The monoisotopic (exact) mass is 440 g/mol. The lowest BCUT2D eigenvalue weighted by molar-refractivity contribution is 0.835. The molecule has 0 fully saturated rings. The molecule has 0 aliphatic rings. The summed E-state index contributed by atoms with van der Waals surface area (Å²) in [6.45, 7) is 18.1. The van der Waals surface area contributed by atoms with E-state index in [4.69, 9.17) is 11.1 Å². The Morgan fingerprint density at radius 2 is 0.909 bits per heavy atom. The van der Waals surface area contributed by atoms with Gasteiger partial charge in [-0.25, -0.2) is 0 Å². The smallest absolute Gasteiger partial charge is 0.123 e. The molecule has 0 saturated heterocycles. The number of benzene rings is 3. The lowest BCUT2D eigenvalue weighted by Gasteiger charge is -2.27. The second kappa shape index (κ2) is 9.95. The predicted molar refractivity (Wildman–Crippen MR) is 145 cm³/mol. The maximum atomic E-state index is 8.49. The average Bonchev–Trinajstić information content (AvgIpc) is 2.77. The van der Waals surface area contributed by atoms with Gasteiger partial charge in [0.15, 0.2) is 0 Å². The van der Waals surface area contributed by atoms with E-state index < -0.39 is 0 Å². The second-order valence-corrected chi connectivity index (χ2v) is 10.4. The van der Waals surface area contributed by atoms with Gasteiger partial charge >= 0.3 is 0 Å². The van der Waals surface area contributed by atoms with Crippen LogP contribution in [0.5, 0.6) is 0 Å². The first kappa shape index (κ1) is 24.8. The topological polar surface area (TPSA) is 49.9 Å². The fourth-order valence-corrected chi connectivity index (χ4v) is 4.96. The van der Waals surface area contributed by atoms with Crippen molar-refractivity contribution in [2.45, 2.75) is 79.1 Å². The molecule has 0 aliphatic heterocycles. The molecule has 2 heteroatoms. The SMILES string of the molecule is CC(C)c1cccc(C(C)C)c1-c1cccc(C(=N)N)c1-c1c(C(C)C)cccc1C(C)C. The van der Waals surface area contributed by atoms with Crippen molar-refractivity contribution in [3.63, 3.8) is 0 Å². The predicted octanol–water partition coefficient (Wildman–Crippen LogP) is 8.80. The Kier molecular flexibility index (Phi) is 7.47. The number of nitrogens with one attached hydrogen (secondary N) is 1. The first-order chi connectivity index (χ1) is 15.6. The van der Waals surface area contributed by atoms with Crippen molar-refractivity contribution < 1.29 is 0 Å². The van der Waals surface area contributed by atoms with Crippen molar-refractivity contribution in [1.82, 2.24) is 0 Å². The molecule has 174 valence electrons. The van der Waals surface area contributed by atoms with E-state index in [1.165, 1.54) is 38.9 Å². The number of hydrogen-bond acceptors (Lipinski definition) is 1. The Balaban J connectivity index is 2.59. The Bertz CT molecular complexity index is 1100. The van der Waals surface area contributed by atoms with Gasteiger partial charge in [0.1, 0.15) is 5.84 Å². The largest absolute Gasteiger partial charge is 0.384 e. The van der Waals surface area contributed by atoms with Gasteiger partial charge in [-0.05, 0) is 62.6 Å². The van der Waals surface area contributed by atoms with Gasteiger partial charge in [-0.15, -0.1) is 0 Å². The third-order valence-electron chi connectivity index (χ3n) is 6.62. The van der Waals surface area contributed by atoms with E-state index in [-0.39, 0.29) is 5.84 Å². The van der Waals surface area contributed by atoms with Crippen molar-refractivity contribution in [3.05, 3.63) is 82.4 Å². The molecule has 3 rings (SSSR count). The van der Waals surface area contributed by atoms with Crippen LogP contribution in [0, 0.1) is 5.41 Å². The molecule has 3 N–H and O–H groups in total. The highest BCUT2D eigenvalue weighted by molar-refractivity contribution is 6.06. The van der Waals surface area contributed by atoms with Crippen LogP contribution in [0.15, 0.2) is 54.6 Å². The van der Waals surface area contributed by atoms with Gasteiger partial charge in [0.05, 0.1) is 0 Å². The van der Waals surface area contributed by atoms with Crippen molar-refractivity contribution in [3.8, 4) is 22.3 Å². The molecule has 3 aromatic carbocycles. The number of rotatable bonds is 7. The highest BCUT2D eigenvalue weighted by atomic mass is 14.7. The van der Waals surface area contributed by atoms with E-state index in [0.717, 1.165) is 11.1 Å². The fraction of sp³-hybridized carbons (Fsp3) is 0.387. The summed E-state index contributed by atoms with van der Waals surface area (Å²) >= 11 is 0. The zero-order chi connectivity index (χ0) is 24.4. The van der Waals surface area contributed by atoms with Crippen molar-refractivity contribution in [2.75, 3.05) is 0 Å². The standard InChI is InChI=1S/C31H40N2/c1-18(2)22-12-9-13-23(19(3)4)28(22)26-16-11-17-27(31(32)33)30(26)29-24(20(5)6)14-10-15-25(29)21(7)8/h9-21H,1-8H3,(H3,32,33). The maximum Gasteiger partial charge on any atom is 0.123 e. The van der Waals surface area contributed by atoms with Gasteiger partial charge in [0, 0.05) is 11.1 Å². The molecular formula is C31H40N2. The summed E-state index contributed by atoms with van der Waals surface area (Å²) in [6, 6.07) is 19.7. The molecule has 0 spiro atoms. The quantitative estimate of drug-likeness (QED) is 0.280. The number of hydrogen-bond donors (Lipinski definition) is 2. The van der Waals surface area contributed by atoms with Crippen molar-refractivity contribution in [1.29, 1.82) is 5.41 Å². The van der Waals surface area contributed by atoms with Gasteiger partial charge in [-0.2, -0.15) is 0 Å². The minimum atomic E-state index is 0.119. The maximum absolute atomic E-state index is 8.49. The first-order valence-corrected chi connectivity index (χ1v) is 12.3. The van der Waals surface area contributed by atoms with Gasteiger partial charge in [0.2, 0.25) is 0 Å². The highest BCUT2D eigenvalue weighted by Gasteiger charge is 2.25. The van der Waals surface area contributed by atoms with Crippen LogP contribution in [-0.2, 0) is 0 Å². The van der Waals surface area contributed by atoms with Crippen LogP contribution in [0.4, 0.5) is 0 Å². The second-order valence-electron chi connectivity index (χ2n) is 10.4. The normalized spacial score (nSPS) is 11.8. The minimum absolute atomic E-state index is 0.119. The van der Waals surface area contributed by atoms with E-state index in [0.29, 0.717) is 23.7 Å². The van der Waals surface area contributed by atoms with E-state index in [1.54, 1.807) is 0 Å². The highest BCUT2D eigenvalue weighted by Crippen LogP contribution is 2.46. The minimum Gasteiger partial charge on any atom is -0.384 e. The summed E-state index contributed by atoms with van der Waals surface area (Å²) in [5.41, 5.74) is 17.2. The summed E-state index contributed by atoms with van der Waals surface area (Å²) in [5, 5.41) is 8.49. The molecule has 3 aromatic rings. The van der Waals surface area contributed by atoms with E-state index in [2.05, 4.69) is 104 Å². The third kappa shape index (κ3) is 4.76. The van der Waals surface area contributed by atoms with Crippen LogP contribution < -0.4 is 5.73 Å². The number of nitrogen functional groups attached to an aromatic ring is 1. The van der Waals surface area contributed by atoms with Crippen LogP contribution >= 0.6 is 0 Å². The molecule has 2 nitrogen and oxygen atoms in total. The Labute approximate surface area is 200 Å². The molecule has 0 atom stereocenters. The van der Waals surface area contributed by atoms with E-state index in [1.807, 2.05) is 6.07 Å². The lowest BCUT2D eigenvalue weighted by atomic mass is 9.77. The molecule has 0 amide bonds. The number of amidine groups is 1. The van der Waals surface area contributed by atoms with Gasteiger partial charge in [-0.1, -0.05) is 110 Å². The summed E-state index contributed by atoms with van der Waals surface area (Å²) in [5.74, 6) is 1.61. The zero-order valence-electron chi connectivity index (χ0n) is 21.6. The molecule has 0 aliphatic carbocycles. The Hall–Kier alpha value is -2.87. The average molecular weight is 441 g/mol. The lowest BCUT2D eigenvalue weighted by Crippen LogP contribution is -2.15. The van der Waals surface area contributed by atoms with Crippen LogP contribution in [0.2, 0.25) is 0 Å². The molecule has 0 radical (unpaired) electrons. The molecule has 0 saturated carbocycles. The summed E-state index contributed by atoms with van der Waals surface area (Å²) in [4.78, 5) is 0. The number of nitrogens with two attached hydrogens (primary N) is 1. The van der Waals surface area contributed by atoms with Gasteiger partial charge < -0.3 is 5.73 Å². The first-order valence-electron chi connectivity index (χ1n) is 12.3. The Morgan fingerprint density at radius 1 is 0.545 bits per heavy atom. The summed E-state index contributed by atoms with van der Waals surface area (Å²) in [7, 11) is 0. The summed E-state index contributed by atoms with van der Waals surface area (Å²) < 4.78 is 0. The third-order valence-corrected chi connectivity index (χ3v) is 6.62. The molecule has 0 aromatic heterocycles. The van der Waals surface area contributed by atoms with E-state index in [9.17, 15) is 0 Å². The van der Waals surface area contributed by atoms with Gasteiger partial charge in [-0.3, -0.25) is 5.41 Å². The van der Waals surface area contributed by atoms with Crippen LogP contribution in [0.3, 0.4) is 0 Å². The molecule has 0 heterocycles. The molecule has 0 unspecified atom stereocenters. The zero-order valence-corrected chi connectivity index (χ0v) is 21.6. The fourth-order valence-electron chi connectivity index (χ4n) is 4.96. The molecule has 0 bridgehead atoms. The van der Waals surface area contributed by atoms with Crippen molar-refractivity contribution >= 4 is 5.84 Å². The van der Waals surface area contributed by atoms with Crippen LogP contribution in [0.1, 0.15) is 107 Å². The molecular weight excluding hydrogens is 400 g/mol. The van der Waals surface area contributed by atoms with Crippen LogP contribution in [-0.4, -0.2) is 5.84 Å². The molecule has 33 heavy (non-hydrogen) atoms. The van der Waals surface area contributed by atoms with E-state index >= 15 is 0 Å². The van der Waals surface area contributed by atoms with Gasteiger partial charge in [0.25, 0.3) is 0 Å². The van der Waals surface area contributed by atoms with Crippen LogP contribution in [0.25, 0.3) is 22.3 Å². The summed E-state index contributed by atoms with van der Waals surface area (Å²) in [6.07, 6.45) is 0. The van der Waals surface area contributed by atoms with Crippen molar-refractivity contribution in [2.24, 2.45) is 5.73 Å².